The fourth-order valence-electron chi connectivity index (χ4n) is 2.18. The Bertz CT molecular complexity index is 194. The second-order valence-corrected chi connectivity index (χ2v) is 4.36. The van der Waals surface area contributed by atoms with Crippen molar-refractivity contribution >= 4 is 5.97 Å². The van der Waals surface area contributed by atoms with Gasteiger partial charge in [-0.25, -0.2) is 0 Å². The second-order valence-electron chi connectivity index (χ2n) is 4.36. The lowest BCUT2D eigenvalue weighted by Crippen LogP contribution is -2.32. The van der Waals surface area contributed by atoms with Gasteiger partial charge >= 0.3 is 5.97 Å². The molecular weight excluding hydrogens is 178 g/mol. The van der Waals surface area contributed by atoms with Crippen LogP contribution in [0.3, 0.4) is 0 Å². The minimum Gasteiger partial charge on any atom is -0.481 e. The predicted molar refractivity (Wildman–Crippen MR) is 56.3 cm³/mol. The number of hydrogen-bond acceptors (Lipinski definition) is 2. The van der Waals surface area contributed by atoms with Gasteiger partial charge in [0.05, 0.1) is 0 Å². The molecule has 1 rings (SSSR count). The topological polar surface area (TPSA) is 40.5 Å². The van der Waals surface area contributed by atoms with E-state index in [0.29, 0.717) is 18.4 Å². The van der Waals surface area contributed by atoms with E-state index in [1.165, 1.54) is 12.8 Å². The SMILES string of the molecule is CCC(CC(=O)O)CN1CCCC1C. The molecule has 0 aliphatic carbocycles. The number of carboxylic acids is 1. The van der Waals surface area contributed by atoms with Gasteiger partial charge in [0.1, 0.15) is 0 Å². The van der Waals surface area contributed by atoms with Gasteiger partial charge in [-0.1, -0.05) is 13.3 Å². The zero-order valence-electron chi connectivity index (χ0n) is 9.20. The van der Waals surface area contributed by atoms with E-state index in [4.69, 9.17) is 5.11 Å². The second kappa shape index (κ2) is 5.35. The lowest BCUT2D eigenvalue weighted by atomic mass is 10.0. The molecule has 1 heterocycles. The van der Waals surface area contributed by atoms with E-state index in [9.17, 15) is 4.79 Å². The maximum absolute atomic E-state index is 10.6. The molecule has 14 heavy (non-hydrogen) atoms. The predicted octanol–water partition coefficient (Wildman–Crippen LogP) is 1.97. The molecule has 0 aromatic rings. The maximum atomic E-state index is 10.6. The number of rotatable bonds is 5. The van der Waals surface area contributed by atoms with Gasteiger partial charge in [-0.05, 0) is 32.2 Å². The van der Waals surface area contributed by atoms with E-state index in [0.717, 1.165) is 19.5 Å². The molecule has 0 aromatic carbocycles. The summed E-state index contributed by atoms with van der Waals surface area (Å²) in [4.78, 5) is 13.0. The Morgan fingerprint density at radius 2 is 2.36 bits per heavy atom. The van der Waals surface area contributed by atoms with Crippen LogP contribution in [0.25, 0.3) is 0 Å². The third-order valence-corrected chi connectivity index (χ3v) is 3.22. The zero-order chi connectivity index (χ0) is 10.6. The Balaban J connectivity index is 2.35. The number of likely N-dealkylation sites (tertiary alicyclic amines) is 1. The van der Waals surface area contributed by atoms with Crippen molar-refractivity contribution in [3.05, 3.63) is 0 Å². The van der Waals surface area contributed by atoms with Gasteiger partial charge in [0.2, 0.25) is 0 Å². The van der Waals surface area contributed by atoms with Crippen LogP contribution in [0.4, 0.5) is 0 Å². The van der Waals surface area contributed by atoms with Gasteiger partial charge in [-0.2, -0.15) is 0 Å². The van der Waals surface area contributed by atoms with Crippen LogP contribution in [0.15, 0.2) is 0 Å². The Hall–Kier alpha value is -0.570. The summed E-state index contributed by atoms with van der Waals surface area (Å²) < 4.78 is 0. The molecule has 0 spiro atoms. The van der Waals surface area contributed by atoms with Crippen molar-refractivity contribution in [1.29, 1.82) is 0 Å². The van der Waals surface area contributed by atoms with Crippen LogP contribution in [0, 0.1) is 5.92 Å². The average Bonchev–Trinajstić information content (AvgIpc) is 2.50. The molecule has 2 unspecified atom stereocenters. The van der Waals surface area contributed by atoms with Crippen LogP contribution in [0.1, 0.15) is 39.5 Å². The molecule has 0 saturated carbocycles. The van der Waals surface area contributed by atoms with E-state index < -0.39 is 5.97 Å². The molecule has 0 bridgehead atoms. The Kier molecular flexibility index (Phi) is 4.39. The molecule has 1 fully saturated rings. The van der Waals surface area contributed by atoms with Gasteiger partial charge in [0, 0.05) is 19.0 Å². The summed E-state index contributed by atoms with van der Waals surface area (Å²) in [6.45, 7) is 6.43. The number of nitrogens with zero attached hydrogens (tertiary/aromatic N) is 1. The van der Waals surface area contributed by atoms with E-state index in [-0.39, 0.29) is 0 Å². The summed E-state index contributed by atoms with van der Waals surface area (Å²) >= 11 is 0. The molecule has 0 amide bonds. The van der Waals surface area contributed by atoms with Gasteiger partial charge < -0.3 is 10.0 Å². The van der Waals surface area contributed by atoms with Crippen LogP contribution in [-0.2, 0) is 4.79 Å². The smallest absolute Gasteiger partial charge is 0.303 e. The van der Waals surface area contributed by atoms with Crippen LogP contribution in [0.2, 0.25) is 0 Å². The summed E-state index contributed by atoms with van der Waals surface area (Å²) in [5.74, 6) is -0.336. The van der Waals surface area contributed by atoms with Crippen molar-refractivity contribution < 1.29 is 9.90 Å². The lowest BCUT2D eigenvalue weighted by Gasteiger charge is -2.25. The first kappa shape index (κ1) is 11.5. The first-order chi connectivity index (χ1) is 6.63. The minimum absolute atomic E-state index is 0.319. The molecule has 0 aromatic heterocycles. The van der Waals surface area contributed by atoms with Crippen molar-refractivity contribution in [2.45, 2.75) is 45.6 Å². The summed E-state index contributed by atoms with van der Waals surface area (Å²) in [5.41, 5.74) is 0. The standard InChI is InChI=1S/C11H21NO2/c1-3-10(7-11(13)14)8-12-6-4-5-9(12)2/h9-10H,3-8H2,1-2H3,(H,13,14). The molecule has 82 valence electrons. The molecule has 2 atom stereocenters. The fraction of sp³-hybridized carbons (Fsp3) is 0.909. The highest BCUT2D eigenvalue weighted by Gasteiger charge is 2.23. The van der Waals surface area contributed by atoms with Crippen molar-refractivity contribution in [3.8, 4) is 0 Å². The van der Waals surface area contributed by atoms with E-state index in [1.807, 2.05) is 0 Å². The van der Waals surface area contributed by atoms with Gasteiger partial charge in [0.25, 0.3) is 0 Å². The van der Waals surface area contributed by atoms with E-state index >= 15 is 0 Å². The molecule has 1 aliphatic rings. The van der Waals surface area contributed by atoms with Crippen LogP contribution in [0.5, 0.6) is 0 Å². The molecule has 3 nitrogen and oxygen atoms in total. The minimum atomic E-state index is -0.663. The van der Waals surface area contributed by atoms with E-state index in [1.54, 1.807) is 0 Å². The third kappa shape index (κ3) is 3.29. The highest BCUT2D eigenvalue weighted by molar-refractivity contribution is 5.67. The lowest BCUT2D eigenvalue weighted by molar-refractivity contribution is -0.138. The third-order valence-electron chi connectivity index (χ3n) is 3.22. The molecule has 1 N–H and O–H groups in total. The normalized spacial score (nSPS) is 25.1. The monoisotopic (exact) mass is 199 g/mol. The largest absolute Gasteiger partial charge is 0.481 e. The van der Waals surface area contributed by atoms with Crippen molar-refractivity contribution in [3.63, 3.8) is 0 Å². The van der Waals surface area contributed by atoms with E-state index in [2.05, 4.69) is 18.7 Å². The van der Waals surface area contributed by atoms with Crippen molar-refractivity contribution in [1.82, 2.24) is 4.90 Å². The summed E-state index contributed by atoms with van der Waals surface area (Å²) in [6, 6.07) is 0.651. The Morgan fingerprint density at radius 3 is 2.79 bits per heavy atom. The molecule has 3 heteroatoms. The first-order valence-electron chi connectivity index (χ1n) is 5.59. The summed E-state index contributed by atoms with van der Waals surface area (Å²) in [6.07, 6.45) is 3.82. The molecule has 1 aliphatic heterocycles. The van der Waals surface area contributed by atoms with Crippen LogP contribution < -0.4 is 0 Å². The van der Waals surface area contributed by atoms with Crippen molar-refractivity contribution in [2.24, 2.45) is 5.92 Å². The fourth-order valence-corrected chi connectivity index (χ4v) is 2.18. The Labute approximate surface area is 86.1 Å². The average molecular weight is 199 g/mol. The molecule has 0 radical (unpaired) electrons. The van der Waals surface area contributed by atoms with Gasteiger partial charge in [-0.3, -0.25) is 4.79 Å². The highest BCUT2D eigenvalue weighted by Crippen LogP contribution is 2.20. The summed E-state index contributed by atoms with van der Waals surface area (Å²) in [7, 11) is 0. The number of carbonyl (C=O) groups is 1. The van der Waals surface area contributed by atoms with Crippen molar-refractivity contribution in [2.75, 3.05) is 13.1 Å². The zero-order valence-corrected chi connectivity index (χ0v) is 9.20. The number of aliphatic carboxylic acids is 1. The summed E-state index contributed by atoms with van der Waals surface area (Å²) in [5, 5.41) is 8.74. The van der Waals surface area contributed by atoms with Gasteiger partial charge in [-0.15, -0.1) is 0 Å². The number of carboxylic acid groups (broad SMARTS) is 1. The maximum Gasteiger partial charge on any atom is 0.303 e. The van der Waals surface area contributed by atoms with Gasteiger partial charge in [0.15, 0.2) is 0 Å². The molecular formula is C11H21NO2. The van der Waals surface area contributed by atoms with Crippen LogP contribution >= 0.6 is 0 Å². The van der Waals surface area contributed by atoms with Crippen LogP contribution in [-0.4, -0.2) is 35.1 Å². The Morgan fingerprint density at radius 1 is 1.64 bits per heavy atom. The number of hydrogen-bond donors (Lipinski definition) is 1. The molecule has 1 saturated heterocycles. The quantitative estimate of drug-likeness (QED) is 0.736. The highest BCUT2D eigenvalue weighted by atomic mass is 16.4. The first-order valence-corrected chi connectivity index (χ1v) is 5.59.